The zero-order valence-corrected chi connectivity index (χ0v) is 13.3. The molecule has 1 heterocycles. The minimum atomic E-state index is 0.716. The lowest BCUT2D eigenvalue weighted by Gasteiger charge is -2.36. The highest BCUT2D eigenvalue weighted by atomic mass is 15.1. The summed E-state index contributed by atoms with van der Waals surface area (Å²) in [6.07, 6.45) is 8.61. The van der Waals surface area contributed by atoms with Crippen molar-refractivity contribution in [2.45, 2.75) is 65.3 Å². The predicted octanol–water partition coefficient (Wildman–Crippen LogP) is 3.52. The second-order valence-electron chi connectivity index (χ2n) is 6.99. The Hall–Kier alpha value is -0.0800. The molecule has 0 aromatic heterocycles. The molecule has 1 saturated heterocycles. The average molecular weight is 266 g/mol. The van der Waals surface area contributed by atoms with E-state index in [2.05, 4.69) is 31.0 Å². The van der Waals surface area contributed by atoms with Gasteiger partial charge in [0.15, 0.2) is 0 Å². The van der Waals surface area contributed by atoms with Crippen LogP contribution in [0.2, 0.25) is 0 Å². The van der Waals surface area contributed by atoms with Crippen LogP contribution in [-0.2, 0) is 0 Å². The van der Waals surface area contributed by atoms with E-state index in [1.165, 1.54) is 64.7 Å². The molecule has 0 bridgehead atoms. The normalized spacial score (nSPS) is 32.4. The summed E-state index contributed by atoms with van der Waals surface area (Å²) in [5.74, 6) is 2.78. The maximum absolute atomic E-state index is 3.87. The Morgan fingerprint density at radius 2 is 1.79 bits per heavy atom. The number of nitrogens with zero attached hydrogens (tertiary/aromatic N) is 1. The quantitative estimate of drug-likeness (QED) is 0.819. The van der Waals surface area contributed by atoms with Gasteiger partial charge in [0, 0.05) is 6.04 Å². The minimum absolute atomic E-state index is 0.716. The molecule has 2 nitrogen and oxygen atoms in total. The highest BCUT2D eigenvalue weighted by Gasteiger charge is 2.25. The number of nitrogens with one attached hydrogen (secondary N) is 1. The van der Waals surface area contributed by atoms with Gasteiger partial charge in [0.25, 0.3) is 0 Å². The molecular weight excluding hydrogens is 232 g/mol. The molecule has 1 saturated carbocycles. The summed E-state index contributed by atoms with van der Waals surface area (Å²) < 4.78 is 0. The summed E-state index contributed by atoms with van der Waals surface area (Å²) in [5, 5.41) is 3.87. The third-order valence-electron chi connectivity index (χ3n) is 5.78. The number of rotatable bonds is 5. The Kier molecular flexibility index (Phi) is 6.15. The summed E-state index contributed by atoms with van der Waals surface area (Å²) in [7, 11) is 0. The van der Waals surface area contributed by atoms with Gasteiger partial charge >= 0.3 is 0 Å². The van der Waals surface area contributed by atoms with Crippen molar-refractivity contribution in [2.75, 3.05) is 26.2 Å². The van der Waals surface area contributed by atoms with Crippen LogP contribution in [0.3, 0.4) is 0 Å². The maximum atomic E-state index is 3.87. The van der Waals surface area contributed by atoms with Crippen molar-refractivity contribution in [3.8, 4) is 0 Å². The molecule has 0 aromatic carbocycles. The molecule has 0 amide bonds. The molecule has 3 atom stereocenters. The lowest BCUT2D eigenvalue weighted by Crippen LogP contribution is -2.43. The zero-order chi connectivity index (χ0) is 13.7. The van der Waals surface area contributed by atoms with Gasteiger partial charge in [-0.15, -0.1) is 0 Å². The van der Waals surface area contributed by atoms with Crippen LogP contribution in [-0.4, -0.2) is 37.1 Å². The van der Waals surface area contributed by atoms with E-state index in [9.17, 15) is 0 Å². The molecule has 0 aromatic rings. The van der Waals surface area contributed by atoms with Gasteiger partial charge in [-0.1, -0.05) is 33.1 Å². The van der Waals surface area contributed by atoms with E-state index in [-0.39, 0.29) is 0 Å². The van der Waals surface area contributed by atoms with Crippen LogP contribution in [0.15, 0.2) is 0 Å². The summed E-state index contributed by atoms with van der Waals surface area (Å²) >= 11 is 0. The summed E-state index contributed by atoms with van der Waals surface area (Å²) in [4.78, 5) is 2.59. The van der Waals surface area contributed by atoms with Crippen LogP contribution in [0.1, 0.15) is 59.3 Å². The Morgan fingerprint density at radius 1 is 1.11 bits per heavy atom. The Bertz CT molecular complexity index is 246. The van der Waals surface area contributed by atoms with Gasteiger partial charge in [0.2, 0.25) is 0 Å². The third kappa shape index (κ3) is 4.46. The van der Waals surface area contributed by atoms with E-state index in [1.54, 1.807) is 0 Å². The Morgan fingerprint density at radius 3 is 2.42 bits per heavy atom. The van der Waals surface area contributed by atoms with Crippen LogP contribution < -0.4 is 5.32 Å². The van der Waals surface area contributed by atoms with Crippen LogP contribution in [0.5, 0.6) is 0 Å². The number of hydrogen-bond acceptors (Lipinski definition) is 2. The fraction of sp³-hybridized carbons (Fsp3) is 1.00. The molecule has 1 aliphatic carbocycles. The lowest BCUT2D eigenvalue weighted by molar-refractivity contribution is 0.160. The molecule has 3 unspecified atom stereocenters. The van der Waals surface area contributed by atoms with Crippen LogP contribution in [0, 0.1) is 17.8 Å². The van der Waals surface area contributed by atoms with Crippen LogP contribution in [0.4, 0.5) is 0 Å². The molecule has 2 aliphatic rings. The van der Waals surface area contributed by atoms with Gasteiger partial charge in [0.1, 0.15) is 0 Å². The summed E-state index contributed by atoms with van der Waals surface area (Å²) in [5.41, 5.74) is 0. The average Bonchev–Trinajstić information content (AvgIpc) is 2.46. The molecular formula is C17H34N2. The molecule has 0 spiro atoms. The van der Waals surface area contributed by atoms with E-state index >= 15 is 0 Å². The number of piperidine rings is 1. The smallest absolute Gasteiger partial charge is 0.00680 e. The molecule has 0 radical (unpaired) electrons. The Labute approximate surface area is 120 Å². The van der Waals surface area contributed by atoms with Crippen molar-refractivity contribution in [3.05, 3.63) is 0 Å². The van der Waals surface area contributed by atoms with Gasteiger partial charge in [-0.25, -0.2) is 0 Å². The second-order valence-corrected chi connectivity index (χ2v) is 6.99. The van der Waals surface area contributed by atoms with Crippen molar-refractivity contribution in [3.63, 3.8) is 0 Å². The molecule has 2 heteroatoms. The highest BCUT2D eigenvalue weighted by molar-refractivity contribution is 4.81. The molecule has 1 N–H and O–H groups in total. The minimum Gasteiger partial charge on any atom is -0.314 e. The van der Waals surface area contributed by atoms with E-state index in [4.69, 9.17) is 0 Å². The fourth-order valence-corrected chi connectivity index (χ4v) is 3.97. The molecule has 112 valence electrons. The third-order valence-corrected chi connectivity index (χ3v) is 5.78. The van der Waals surface area contributed by atoms with E-state index in [0.717, 1.165) is 17.8 Å². The van der Waals surface area contributed by atoms with Crippen molar-refractivity contribution >= 4 is 0 Å². The first-order valence-electron chi connectivity index (χ1n) is 8.66. The topological polar surface area (TPSA) is 15.3 Å². The van der Waals surface area contributed by atoms with Gasteiger partial charge in [0.05, 0.1) is 0 Å². The molecule has 2 fully saturated rings. The van der Waals surface area contributed by atoms with Gasteiger partial charge in [-0.05, 0) is 70.1 Å². The van der Waals surface area contributed by atoms with E-state index in [0.29, 0.717) is 6.04 Å². The molecule has 2 rings (SSSR count). The largest absolute Gasteiger partial charge is 0.314 e. The van der Waals surface area contributed by atoms with E-state index < -0.39 is 0 Å². The van der Waals surface area contributed by atoms with Gasteiger partial charge in [-0.2, -0.15) is 0 Å². The first-order chi connectivity index (χ1) is 9.20. The van der Waals surface area contributed by atoms with Crippen molar-refractivity contribution in [1.82, 2.24) is 10.2 Å². The standard InChI is InChI=1S/C17H34N2/c1-4-19-11-9-16(10-12-19)15(3)18-13-17-8-6-5-7-14(17)2/h14-18H,4-13H2,1-3H3. The van der Waals surface area contributed by atoms with Crippen molar-refractivity contribution in [2.24, 2.45) is 17.8 Å². The fourth-order valence-electron chi connectivity index (χ4n) is 3.97. The lowest BCUT2D eigenvalue weighted by atomic mass is 9.80. The Balaban J connectivity index is 1.68. The van der Waals surface area contributed by atoms with Crippen molar-refractivity contribution in [1.29, 1.82) is 0 Å². The van der Waals surface area contributed by atoms with E-state index in [1.807, 2.05) is 0 Å². The monoisotopic (exact) mass is 266 g/mol. The van der Waals surface area contributed by atoms with Crippen LogP contribution >= 0.6 is 0 Å². The predicted molar refractivity (Wildman–Crippen MR) is 83.4 cm³/mol. The van der Waals surface area contributed by atoms with Gasteiger partial charge in [-0.3, -0.25) is 0 Å². The van der Waals surface area contributed by atoms with Crippen LogP contribution in [0.25, 0.3) is 0 Å². The first kappa shape index (κ1) is 15.3. The summed E-state index contributed by atoms with van der Waals surface area (Å²) in [6.45, 7) is 12.3. The maximum Gasteiger partial charge on any atom is 0.00680 e. The number of likely N-dealkylation sites (tertiary alicyclic amines) is 1. The van der Waals surface area contributed by atoms with Gasteiger partial charge < -0.3 is 10.2 Å². The molecule has 19 heavy (non-hydrogen) atoms. The summed E-state index contributed by atoms with van der Waals surface area (Å²) in [6, 6.07) is 0.716. The second kappa shape index (κ2) is 7.64. The number of hydrogen-bond donors (Lipinski definition) is 1. The van der Waals surface area contributed by atoms with Crippen molar-refractivity contribution < 1.29 is 0 Å². The zero-order valence-electron chi connectivity index (χ0n) is 13.3. The highest BCUT2D eigenvalue weighted by Crippen LogP contribution is 2.29. The first-order valence-corrected chi connectivity index (χ1v) is 8.66. The molecule has 1 aliphatic heterocycles. The SMILES string of the molecule is CCN1CCC(C(C)NCC2CCCCC2C)CC1.